The number of nitrogens with two attached hydrogens (primary N) is 1. The van der Waals surface area contributed by atoms with E-state index in [1.165, 1.54) is 0 Å². The number of carboxylic acids is 1. The summed E-state index contributed by atoms with van der Waals surface area (Å²) in [4.78, 5) is 22.9. The molecule has 2 amide bonds. The zero-order valence-electron chi connectivity index (χ0n) is 15.2. The lowest BCUT2D eigenvalue weighted by Gasteiger charge is -2.25. The number of carbonyl (C=O) groups is 2. The maximum Gasteiger partial charge on any atom is 0.322 e. The molecule has 0 radical (unpaired) electrons. The van der Waals surface area contributed by atoms with Gasteiger partial charge < -0.3 is 21.1 Å². The number of hydrogen-bond acceptors (Lipinski definition) is 5. The summed E-state index contributed by atoms with van der Waals surface area (Å²) in [5.41, 5.74) is 5.03. The first-order valence-corrected chi connectivity index (χ1v) is 9.78. The number of carbonyl (C=O) groups excluding carboxylic acids is 1. The Morgan fingerprint density at radius 2 is 1.74 bits per heavy atom. The molecular weight excluding hydrogens is 379 g/mol. The highest BCUT2D eigenvalue weighted by Gasteiger charge is 2.27. The topological polar surface area (TPSA) is 142 Å². The fourth-order valence-electron chi connectivity index (χ4n) is 2.21. The summed E-state index contributed by atoms with van der Waals surface area (Å²) in [6, 6.07) is 2.63. The van der Waals surface area contributed by atoms with Gasteiger partial charge in [0, 0.05) is 26.2 Å². The number of primary amides is 1. The van der Waals surface area contributed by atoms with Crippen LogP contribution < -0.4 is 15.8 Å². The Balaban J connectivity index is 0.000000337. The van der Waals surface area contributed by atoms with E-state index in [0.717, 1.165) is 50.4 Å². The van der Waals surface area contributed by atoms with Gasteiger partial charge >= 0.3 is 12.0 Å². The molecule has 0 unspecified atom stereocenters. The summed E-state index contributed by atoms with van der Waals surface area (Å²) in [6.07, 6.45) is 0. The number of rotatable bonds is 5. The van der Waals surface area contributed by atoms with Gasteiger partial charge in [0.05, 0.1) is 4.90 Å². The van der Waals surface area contributed by atoms with Crippen LogP contribution in [0.15, 0.2) is 29.2 Å². The SMILES string of the molecule is CC(C)[C@H](NS(=O)(=O)c1ccc(F)cc1)C(=O)O.NC(=O)N1CCNCC1. The maximum absolute atomic E-state index is 12.7. The molecule has 0 spiro atoms. The predicted molar refractivity (Wildman–Crippen MR) is 97.0 cm³/mol. The second kappa shape index (κ2) is 10.2. The van der Waals surface area contributed by atoms with Crippen LogP contribution in [0.1, 0.15) is 13.8 Å². The number of aliphatic carboxylic acids is 1. The van der Waals surface area contributed by atoms with E-state index in [4.69, 9.17) is 10.8 Å². The van der Waals surface area contributed by atoms with Gasteiger partial charge in [0.2, 0.25) is 10.0 Å². The minimum atomic E-state index is -3.96. The molecule has 152 valence electrons. The first-order chi connectivity index (χ1) is 12.5. The van der Waals surface area contributed by atoms with E-state index in [1.54, 1.807) is 18.7 Å². The van der Waals surface area contributed by atoms with Crippen LogP contribution in [0.3, 0.4) is 0 Å². The van der Waals surface area contributed by atoms with Crippen molar-refractivity contribution in [2.24, 2.45) is 11.7 Å². The Kier molecular flexibility index (Phi) is 8.60. The van der Waals surface area contributed by atoms with E-state index >= 15 is 0 Å². The van der Waals surface area contributed by atoms with Crippen molar-refractivity contribution in [3.8, 4) is 0 Å². The Morgan fingerprint density at radius 3 is 2.11 bits per heavy atom. The van der Waals surface area contributed by atoms with Gasteiger partial charge in [-0.3, -0.25) is 4.79 Å². The molecule has 1 aliphatic heterocycles. The Labute approximate surface area is 157 Å². The van der Waals surface area contributed by atoms with Gasteiger partial charge in [-0.25, -0.2) is 17.6 Å². The van der Waals surface area contributed by atoms with E-state index in [-0.39, 0.29) is 10.9 Å². The number of halogens is 1. The molecule has 2 rings (SSSR count). The quantitative estimate of drug-likeness (QED) is 0.552. The number of urea groups is 1. The molecule has 1 aromatic carbocycles. The lowest BCUT2D eigenvalue weighted by Crippen LogP contribution is -2.48. The van der Waals surface area contributed by atoms with Crippen LogP contribution in [0, 0.1) is 11.7 Å². The van der Waals surface area contributed by atoms with Crippen molar-refractivity contribution in [3.63, 3.8) is 0 Å². The van der Waals surface area contributed by atoms with Crippen LogP contribution in [-0.2, 0) is 14.8 Å². The van der Waals surface area contributed by atoms with Crippen LogP contribution in [0.5, 0.6) is 0 Å². The molecule has 0 aromatic heterocycles. The summed E-state index contributed by atoms with van der Waals surface area (Å²) in [6.45, 7) is 6.40. The standard InChI is InChI=1S/C11H14FNO4S.C5H11N3O/c1-7(2)10(11(14)15)13-18(16,17)9-5-3-8(12)4-6-9;6-5(9)8-3-1-7-2-4-8/h3-7,10,13H,1-2H3,(H,14,15);7H,1-4H2,(H2,6,9)/t10-;/m0./s1. The molecule has 1 saturated heterocycles. The number of nitrogens with one attached hydrogen (secondary N) is 2. The second-order valence-corrected chi connectivity index (χ2v) is 7.92. The van der Waals surface area contributed by atoms with Crippen molar-refractivity contribution >= 4 is 22.0 Å². The minimum absolute atomic E-state index is 0.171. The zero-order valence-corrected chi connectivity index (χ0v) is 16.0. The first kappa shape index (κ1) is 22.8. The average Bonchev–Trinajstić information content (AvgIpc) is 2.61. The molecule has 27 heavy (non-hydrogen) atoms. The Bertz CT molecular complexity index is 734. The summed E-state index contributed by atoms with van der Waals surface area (Å²) >= 11 is 0. The third-order valence-electron chi connectivity index (χ3n) is 3.77. The lowest BCUT2D eigenvalue weighted by atomic mass is 10.1. The van der Waals surface area contributed by atoms with Crippen molar-refractivity contribution in [1.82, 2.24) is 14.9 Å². The molecule has 1 atom stereocenters. The third kappa shape index (κ3) is 7.49. The van der Waals surface area contributed by atoms with Crippen LogP contribution >= 0.6 is 0 Å². The normalized spacial score (nSPS) is 15.6. The predicted octanol–water partition coefficient (Wildman–Crippen LogP) is 0.184. The van der Waals surface area contributed by atoms with E-state index in [0.29, 0.717) is 0 Å². The van der Waals surface area contributed by atoms with Crippen LogP contribution in [0.25, 0.3) is 0 Å². The molecule has 0 saturated carbocycles. The maximum atomic E-state index is 12.7. The van der Waals surface area contributed by atoms with Crippen molar-refractivity contribution in [2.45, 2.75) is 24.8 Å². The molecule has 9 nitrogen and oxygen atoms in total. The number of nitrogens with zero attached hydrogens (tertiary/aromatic N) is 1. The summed E-state index contributed by atoms with van der Waals surface area (Å²) in [7, 11) is -3.96. The number of piperazine rings is 1. The van der Waals surface area contributed by atoms with Gasteiger partial charge in [-0.05, 0) is 30.2 Å². The summed E-state index contributed by atoms with van der Waals surface area (Å²) in [5, 5.41) is 12.0. The van der Waals surface area contributed by atoms with Crippen LogP contribution in [-0.4, -0.2) is 62.6 Å². The summed E-state index contributed by atoms with van der Waals surface area (Å²) < 4.78 is 38.5. The molecule has 0 bridgehead atoms. The molecular formula is C16H25FN4O5S. The number of hydrogen-bond donors (Lipinski definition) is 4. The van der Waals surface area contributed by atoms with Gasteiger partial charge in [-0.2, -0.15) is 4.72 Å². The smallest absolute Gasteiger partial charge is 0.322 e. The average molecular weight is 404 g/mol. The van der Waals surface area contributed by atoms with E-state index < -0.39 is 33.8 Å². The van der Waals surface area contributed by atoms with E-state index in [2.05, 4.69) is 10.0 Å². The minimum Gasteiger partial charge on any atom is -0.480 e. The Hall–Kier alpha value is -2.24. The number of amides is 2. The van der Waals surface area contributed by atoms with E-state index in [1.807, 2.05) is 0 Å². The van der Waals surface area contributed by atoms with Gasteiger partial charge in [0.1, 0.15) is 11.9 Å². The van der Waals surface area contributed by atoms with Gasteiger partial charge in [0.15, 0.2) is 0 Å². The summed E-state index contributed by atoms with van der Waals surface area (Å²) in [5.74, 6) is -2.22. The largest absolute Gasteiger partial charge is 0.480 e. The molecule has 5 N–H and O–H groups in total. The number of sulfonamides is 1. The molecule has 11 heteroatoms. The third-order valence-corrected chi connectivity index (χ3v) is 5.22. The van der Waals surface area contributed by atoms with Gasteiger partial charge in [-0.1, -0.05) is 13.8 Å². The molecule has 0 aliphatic carbocycles. The number of benzene rings is 1. The van der Waals surface area contributed by atoms with E-state index in [9.17, 15) is 22.4 Å². The van der Waals surface area contributed by atoms with Gasteiger partial charge in [-0.15, -0.1) is 0 Å². The first-order valence-electron chi connectivity index (χ1n) is 8.30. The fraction of sp³-hybridized carbons (Fsp3) is 0.500. The highest BCUT2D eigenvalue weighted by atomic mass is 32.2. The molecule has 1 aromatic rings. The zero-order chi connectivity index (χ0) is 20.6. The van der Waals surface area contributed by atoms with Gasteiger partial charge in [0.25, 0.3) is 0 Å². The van der Waals surface area contributed by atoms with Crippen LogP contribution in [0.4, 0.5) is 9.18 Å². The fourth-order valence-corrected chi connectivity index (χ4v) is 3.54. The van der Waals surface area contributed by atoms with Crippen molar-refractivity contribution < 1.29 is 27.5 Å². The monoisotopic (exact) mass is 404 g/mol. The molecule has 1 heterocycles. The lowest BCUT2D eigenvalue weighted by molar-refractivity contribution is -0.140. The van der Waals surface area contributed by atoms with Crippen molar-refractivity contribution in [1.29, 1.82) is 0 Å². The highest BCUT2D eigenvalue weighted by molar-refractivity contribution is 7.89. The Morgan fingerprint density at radius 1 is 1.22 bits per heavy atom. The molecule has 1 aliphatic rings. The van der Waals surface area contributed by atoms with Crippen LogP contribution in [0.2, 0.25) is 0 Å². The molecule has 1 fully saturated rings. The van der Waals surface area contributed by atoms with Crippen molar-refractivity contribution in [2.75, 3.05) is 26.2 Å². The number of carboxylic acid groups (broad SMARTS) is 1. The second-order valence-electron chi connectivity index (χ2n) is 6.21. The van der Waals surface area contributed by atoms with Crippen molar-refractivity contribution in [3.05, 3.63) is 30.1 Å². The highest BCUT2D eigenvalue weighted by Crippen LogP contribution is 2.12.